The van der Waals surface area contributed by atoms with E-state index in [2.05, 4.69) is 14.7 Å². The molecule has 3 rings (SSSR count). The topological polar surface area (TPSA) is 101 Å². The Morgan fingerprint density at radius 2 is 2.22 bits per heavy atom. The van der Waals surface area contributed by atoms with Crippen molar-refractivity contribution in [3.63, 3.8) is 0 Å². The molecule has 23 heavy (non-hydrogen) atoms. The fourth-order valence-corrected chi connectivity index (χ4v) is 3.58. The second-order valence-electron chi connectivity index (χ2n) is 5.92. The van der Waals surface area contributed by atoms with Crippen molar-refractivity contribution in [2.75, 3.05) is 31.7 Å². The van der Waals surface area contributed by atoms with Crippen LogP contribution in [0.1, 0.15) is 13.8 Å². The number of halogens is 1. The Kier molecular flexibility index (Phi) is 5.36. The number of rotatable bonds is 6. The summed E-state index contributed by atoms with van der Waals surface area (Å²) in [6.45, 7) is 5.63. The summed E-state index contributed by atoms with van der Waals surface area (Å²) in [5.74, 6) is -0.673. The first-order chi connectivity index (χ1) is 11.0. The van der Waals surface area contributed by atoms with Gasteiger partial charge in [-0.05, 0) is 25.4 Å². The third-order valence-electron chi connectivity index (χ3n) is 3.67. The third-order valence-corrected chi connectivity index (χ3v) is 4.59. The van der Waals surface area contributed by atoms with E-state index in [1.807, 2.05) is 13.8 Å². The summed E-state index contributed by atoms with van der Waals surface area (Å²) >= 11 is 6.96. The SMILES string of the molecule is CC1(C)O[C@@H]2[C@H](O1)[C@H](Nc1nc(Cl)ns1)CO[C@@H]2COCCN. The molecular formula is C13H21ClN4O4S. The molecule has 0 aliphatic carbocycles. The van der Waals surface area contributed by atoms with E-state index >= 15 is 0 Å². The zero-order valence-corrected chi connectivity index (χ0v) is 14.6. The summed E-state index contributed by atoms with van der Waals surface area (Å²) in [7, 11) is 0. The summed E-state index contributed by atoms with van der Waals surface area (Å²) < 4.78 is 27.4. The normalized spacial score (nSPS) is 32.7. The van der Waals surface area contributed by atoms with Gasteiger partial charge in [-0.2, -0.15) is 9.36 Å². The third kappa shape index (κ3) is 4.11. The van der Waals surface area contributed by atoms with E-state index in [1.165, 1.54) is 11.5 Å². The maximum atomic E-state index is 6.06. The maximum absolute atomic E-state index is 6.06. The average molecular weight is 365 g/mol. The molecule has 0 saturated carbocycles. The minimum atomic E-state index is -0.673. The second-order valence-corrected chi connectivity index (χ2v) is 7.01. The molecule has 0 spiro atoms. The molecular weight excluding hydrogens is 344 g/mol. The quantitative estimate of drug-likeness (QED) is 0.717. The highest BCUT2D eigenvalue weighted by molar-refractivity contribution is 7.09. The second kappa shape index (κ2) is 7.14. The van der Waals surface area contributed by atoms with Crippen molar-refractivity contribution in [2.45, 2.75) is 44.0 Å². The smallest absolute Gasteiger partial charge is 0.236 e. The fraction of sp³-hybridized carbons (Fsp3) is 0.846. The summed E-state index contributed by atoms with van der Waals surface area (Å²) in [6, 6.07) is -0.100. The molecule has 8 nitrogen and oxygen atoms in total. The molecule has 0 bridgehead atoms. The van der Waals surface area contributed by atoms with Gasteiger partial charge in [0, 0.05) is 18.1 Å². The number of anilines is 1. The Bertz CT molecular complexity index is 532. The zero-order chi connectivity index (χ0) is 16.4. The molecule has 0 aromatic carbocycles. The van der Waals surface area contributed by atoms with E-state index in [1.54, 1.807) is 0 Å². The van der Waals surface area contributed by atoms with Crippen molar-refractivity contribution in [1.29, 1.82) is 0 Å². The number of hydrogen-bond donors (Lipinski definition) is 2. The van der Waals surface area contributed by atoms with Crippen LogP contribution in [-0.4, -0.2) is 65.9 Å². The summed E-state index contributed by atoms with van der Waals surface area (Å²) in [5, 5.41) is 4.13. The number of hydrogen-bond acceptors (Lipinski definition) is 9. The van der Waals surface area contributed by atoms with Crippen LogP contribution >= 0.6 is 23.1 Å². The van der Waals surface area contributed by atoms with E-state index < -0.39 is 5.79 Å². The van der Waals surface area contributed by atoms with E-state index in [9.17, 15) is 0 Å². The van der Waals surface area contributed by atoms with Gasteiger partial charge in [0.25, 0.3) is 0 Å². The van der Waals surface area contributed by atoms with Crippen LogP contribution in [-0.2, 0) is 18.9 Å². The lowest BCUT2D eigenvalue weighted by molar-refractivity contribution is -0.159. The van der Waals surface area contributed by atoms with Crippen LogP contribution in [0, 0.1) is 0 Å². The Hall–Kier alpha value is -0.550. The number of aromatic nitrogens is 2. The zero-order valence-electron chi connectivity index (χ0n) is 13.0. The van der Waals surface area contributed by atoms with Crippen LogP contribution in [0.2, 0.25) is 5.28 Å². The molecule has 4 atom stereocenters. The highest BCUT2D eigenvalue weighted by atomic mass is 35.5. The number of nitrogens with zero attached hydrogens (tertiary/aromatic N) is 2. The lowest BCUT2D eigenvalue weighted by atomic mass is 9.98. The Morgan fingerprint density at radius 3 is 2.91 bits per heavy atom. The molecule has 1 aromatic rings. The number of nitrogens with two attached hydrogens (primary N) is 1. The summed E-state index contributed by atoms with van der Waals surface area (Å²) in [4.78, 5) is 4.11. The molecule has 0 unspecified atom stereocenters. The Balaban J connectivity index is 1.67. The maximum Gasteiger partial charge on any atom is 0.236 e. The molecule has 2 saturated heterocycles. The van der Waals surface area contributed by atoms with Crippen LogP contribution in [0.15, 0.2) is 0 Å². The highest BCUT2D eigenvalue weighted by Gasteiger charge is 2.52. The molecule has 1 aromatic heterocycles. The monoisotopic (exact) mass is 364 g/mol. The fourth-order valence-electron chi connectivity index (χ4n) is 2.81. The largest absolute Gasteiger partial charge is 0.377 e. The lowest BCUT2D eigenvalue weighted by Gasteiger charge is -2.37. The van der Waals surface area contributed by atoms with E-state index in [0.717, 1.165) is 0 Å². The van der Waals surface area contributed by atoms with Crippen molar-refractivity contribution in [3.05, 3.63) is 5.28 Å². The van der Waals surface area contributed by atoms with Gasteiger partial charge < -0.3 is 30.0 Å². The first-order valence-corrected chi connectivity index (χ1v) is 8.64. The first kappa shape index (κ1) is 17.3. The van der Waals surface area contributed by atoms with E-state index in [-0.39, 0.29) is 29.6 Å². The average Bonchev–Trinajstić information content (AvgIpc) is 3.04. The van der Waals surface area contributed by atoms with Crippen LogP contribution in [0.3, 0.4) is 0 Å². The van der Waals surface area contributed by atoms with Gasteiger partial charge in [0.2, 0.25) is 10.4 Å². The van der Waals surface area contributed by atoms with Gasteiger partial charge in [0.15, 0.2) is 5.79 Å². The Morgan fingerprint density at radius 1 is 1.43 bits per heavy atom. The lowest BCUT2D eigenvalue weighted by Crippen LogP contribution is -2.55. The number of nitrogens with one attached hydrogen (secondary N) is 1. The van der Waals surface area contributed by atoms with Crippen LogP contribution in [0.25, 0.3) is 0 Å². The van der Waals surface area contributed by atoms with E-state index in [4.69, 9.17) is 36.3 Å². The van der Waals surface area contributed by atoms with Crippen LogP contribution in [0.5, 0.6) is 0 Å². The van der Waals surface area contributed by atoms with Gasteiger partial charge in [0.1, 0.15) is 18.3 Å². The van der Waals surface area contributed by atoms with Crippen molar-refractivity contribution in [3.8, 4) is 0 Å². The van der Waals surface area contributed by atoms with Crippen molar-refractivity contribution >= 4 is 28.3 Å². The molecule has 2 fully saturated rings. The van der Waals surface area contributed by atoms with Gasteiger partial charge in [-0.3, -0.25) is 0 Å². The molecule has 2 aliphatic heterocycles. The summed E-state index contributed by atoms with van der Waals surface area (Å²) in [6.07, 6.45) is -0.588. The van der Waals surface area contributed by atoms with Gasteiger partial charge in [0.05, 0.1) is 25.9 Å². The predicted octanol–water partition coefficient (Wildman–Crippen LogP) is 0.866. The van der Waals surface area contributed by atoms with Gasteiger partial charge in [-0.15, -0.1) is 0 Å². The number of ether oxygens (including phenoxy) is 4. The number of fused-ring (bicyclic) bond motifs is 1. The molecule has 130 valence electrons. The molecule has 0 radical (unpaired) electrons. The first-order valence-electron chi connectivity index (χ1n) is 7.49. The van der Waals surface area contributed by atoms with Crippen molar-refractivity contribution in [1.82, 2.24) is 9.36 Å². The molecule has 3 N–H and O–H groups in total. The predicted molar refractivity (Wildman–Crippen MR) is 85.8 cm³/mol. The summed E-state index contributed by atoms with van der Waals surface area (Å²) in [5.41, 5.74) is 5.45. The Labute approximate surface area is 143 Å². The van der Waals surface area contributed by atoms with Crippen LogP contribution < -0.4 is 11.1 Å². The van der Waals surface area contributed by atoms with Crippen LogP contribution in [0.4, 0.5) is 5.13 Å². The minimum Gasteiger partial charge on any atom is -0.377 e. The van der Waals surface area contributed by atoms with E-state index in [0.29, 0.717) is 31.5 Å². The standard InChI is InChI=1S/C13H21ClN4O4S/c1-13(2)21-9-7(16-12-17-11(14)18-23-12)5-20-8(10(9)22-13)6-19-4-3-15/h7-10H,3-6,15H2,1-2H3,(H,16,17,18)/t7-,8-,9-,10+/m1/s1. The molecule has 10 heteroatoms. The van der Waals surface area contributed by atoms with Crippen molar-refractivity contribution in [2.24, 2.45) is 5.73 Å². The molecule has 0 amide bonds. The minimum absolute atomic E-state index is 0.100. The highest BCUT2D eigenvalue weighted by Crippen LogP contribution is 2.36. The molecule has 3 heterocycles. The van der Waals surface area contributed by atoms with Crippen molar-refractivity contribution < 1.29 is 18.9 Å². The van der Waals surface area contributed by atoms with Gasteiger partial charge in [-0.25, -0.2) is 0 Å². The van der Waals surface area contributed by atoms with Gasteiger partial charge >= 0.3 is 0 Å². The molecule has 2 aliphatic rings. The van der Waals surface area contributed by atoms with Gasteiger partial charge in [-0.1, -0.05) is 0 Å².